The predicted molar refractivity (Wildman–Crippen MR) is 126 cm³/mol. The van der Waals surface area contributed by atoms with Crippen molar-refractivity contribution in [2.45, 2.75) is 32.1 Å². The largest absolute Gasteiger partial charge is 0.497 e. The minimum absolute atomic E-state index is 0.107. The third-order valence-corrected chi connectivity index (χ3v) is 7.20. The molecule has 1 aromatic heterocycles. The molecule has 0 unspecified atom stereocenters. The number of methoxy groups -OCH3 is 1. The van der Waals surface area contributed by atoms with E-state index in [0.29, 0.717) is 26.1 Å². The van der Waals surface area contributed by atoms with Crippen LogP contribution in [0, 0.1) is 0 Å². The molecule has 0 aliphatic carbocycles. The Morgan fingerprint density at radius 3 is 2.22 bits per heavy atom. The fourth-order valence-corrected chi connectivity index (χ4v) is 5.11. The van der Waals surface area contributed by atoms with Gasteiger partial charge in [-0.1, -0.05) is 12.8 Å². The lowest BCUT2D eigenvalue weighted by Gasteiger charge is -2.35. The molecule has 2 aliphatic rings. The summed E-state index contributed by atoms with van der Waals surface area (Å²) in [5, 5.41) is 2.88. The van der Waals surface area contributed by atoms with Gasteiger partial charge in [-0.3, -0.25) is 14.5 Å². The topological polar surface area (TPSA) is 66.0 Å². The molecule has 0 radical (unpaired) electrons. The van der Waals surface area contributed by atoms with Crippen molar-refractivity contribution in [1.29, 1.82) is 0 Å². The highest BCUT2D eigenvalue weighted by atomic mass is 32.1. The Bertz CT molecular complexity index is 898. The summed E-state index contributed by atoms with van der Waals surface area (Å²) in [5.74, 6) is 1.16. The number of ether oxygens (including phenoxy) is 1. The summed E-state index contributed by atoms with van der Waals surface area (Å²) < 4.78 is 5.20. The molecule has 3 heterocycles. The number of amides is 2. The van der Waals surface area contributed by atoms with E-state index < -0.39 is 0 Å². The van der Waals surface area contributed by atoms with Gasteiger partial charge >= 0.3 is 0 Å². The number of carbonyl (C=O) groups is 2. The number of hydrogen-bond acceptors (Lipinski definition) is 6. The fraction of sp³-hybridized carbons (Fsp3) is 0.542. The maximum atomic E-state index is 12.8. The molecule has 2 saturated heterocycles. The van der Waals surface area contributed by atoms with Gasteiger partial charge in [0.15, 0.2) is 0 Å². The number of benzene rings is 1. The van der Waals surface area contributed by atoms with Crippen LogP contribution < -0.4 is 4.74 Å². The monoisotopic (exact) mass is 456 g/mol. The maximum Gasteiger partial charge on any atom is 0.236 e. The molecule has 7 nitrogen and oxygen atoms in total. The molecule has 0 atom stereocenters. The molecule has 8 heteroatoms. The molecule has 4 rings (SSSR count). The highest BCUT2D eigenvalue weighted by Crippen LogP contribution is 2.26. The van der Waals surface area contributed by atoms with Crippen molar-refractivity contribution >= 4 is 23.2 Å². The average Bonchev–Trinajstić information content (AvgIpc) is 3.11. The number of piperazine rings is 1. The number of rotatable bonds is 6. The van der Waals surface area contributed by atoms with Crippen molar-refractivity contribution in [2.24, 2.45) is 0 Å². The van der Waals surface area contributed by atoms with Crippen LogP contribution in [0.3, 0.4) is 0 Å². The first-order chi connectivity index (χ1) is 15.6. The molecule has 0 saturated carbocycles. The van der Waals surface area contributed by atoms with E-state index in [1.165, 1.54) is 12.8 Å². The third-order valence-electron chi connectivity index (χ3n) is 6.26. The SMILES string of the molecule is COc1ccc(-c2nc(CC(=O)N3CCN(CC(=O)N4CCCCCC4)CC3)cs2)cc1. The zero-order valence-corrected chi connectivity index (χ0v) is 19.6. The van der Waals surface area contributed by atoms with Gasteiger partial charge in [-0.05, 0) is 37.1 Å². The summed E-state index contributed by atoms with van der Waals surface area (Å²) >= 11 is 1.55. The van der Waals surface area contributed by atoms with E-state index in [-0.39, 0.29) is 11.8 Å². The standard InChI is InChI=1S/C24H32N4O3S/c1-31-21-8-6-19(7-9-21)24-25-20(18-32-24)16-22(29)28-14-12-26(13-15-28)17-23(30)27-10-4-2-3-5-11-27/h6-9,18H,2-5,10-17H2,1H3. The number of aromatic nitrogens is 1. The first-order valence-electron chi connectivity index (χ1n) is 11.5. The second-order valence-corrected chi connectivity index (χ2v) is 9.36. The van der Waals surface area contributed by atoms with Crippen LogP contribution >= 0.6 is 11.3 Å². The fourth-order valence-electron chi connectivity index (χ4n) is 4.29. The Hall–Kier alpha value is -2.45. The van der Waals surface area contributed by atoms with Crippen molar-refractivity contribution in [3.8, 4) is 16.3 Å². The maximum absolute atomic E-state index is 12.8. The van der Waals surface area contributed by atoms with Crippen molar-refractivity contribution in [2.75, 3.05) is 52.9 Å². The molecule has 2 fully saturated rings. The highest BCUT2D eigenvalue weighted by molar-refractivity contribution is 7.13. The molecule has 0 bridgehead atoms. The molecule has 1 aromatic carbocycles. The Morgan fingerprint density at radius 2 is 1.56 bits per heavy atom. The van der Waals surface area contributed by atoms with E-state index in [1.54, 1.807) is 18.4 Å². The van der Waals surface area contributed by atoms with Crippen LogP contribution in [0.25, 0.3) is 10.6 Å². The molecule has 172 valence electrons. The van der Waals surface area contributed by atoms with E-state index in [9.17, 15) is 9.59 Å². The van der Waals surface area contributed by atoms with E-state index >= 15 is 0 Å². The number of likely N-dealkylation sites (tertiary alicyclic amines) is 1. The Morgan fingerprint density at radius 1 is 0.906 bits per heavy atom. The lowest BCUT2D eigenvalue weighted by molar-refractivity contribution is -0.134. The number of thiazole rings is 1. The second-order valence-electron chi connectivity index (χ2n) is 8.50. The van der Waals surface area contributed by atoms with Crippen molar-refractivity contribution in [3.63, 3.8) is 0 Å². The van der Waals surface area contributed by atoms with Gasteiger partial charge in [0, 0.05) is 50.2 Å². The molecule has 2 amide bonds. The Labute approximate surface area is 194 Å². The Kier molecular flexibility index (Phi) is 7.76. The molecule has 0 N–H and O–H groups in total. The van der Waals surface area contributed by atoms with Crippen LogP contribution in [0.2, 0.25) is 0 Å². The van der Waals surface area contributed by atoms with E-state index in [2.05, 4.69) is 9.88 Å². The summed E-state index contributed by atoms with van der Waals surface area (Å²) in [5.41, 5.74) is 1.83. The average molecular weight is 457 g/mol. The van der Waals surface area contributed by atoms with Crippen LogP contribution in [0.15, 0.2) is 29.6 Å². The van der Waals surface area contributed by atoms with Crippen LogP contribution in [-0.4, -0.2) is 84.4 Å². The van der Waals surface area contributed by atoms with Crippen molar-refractivity contribution < 1.29 is 14.3 Å². The van der Waals surface area contributed by atoms with Crippen molar-refractivity contribution in [3.05, 3.63) is 35.3 Å². The molecular formula is C24H32N4O3S. The van der Waals surface area contributed by atoms with Crippen LogP contribution in [0.5, 0.6) is 5.75 Å². The van der Waals surface area contributed by atoms with Gasteiger partial charge in [0.2, 0.25) is 11.8 Å². The van der Waals surface area contributed by atoms with E-state index in [4.69, 9.17) is 4.74 Å². The minimum Gasteiger partial charge on any atom is -0.497 e. The third kappa shape index (κ3) is 5.86. The summed E-state index contributed by atoms with van der Waals surface area (Å²) in [6, 6.07) is 7.79. The second kappa shape index (κ2) is 10.9. The zero-order chi connectivity index (χ0) is 22.3. The summed E-state index contributed by atoms with van der Waals surface area (Å²) in [6.45, 7) is 5.09. The highest BCUT2D eigenvalue weighted by Gasteiger charge is 2.25. The number of nitrogens with zero attached hydrogens (tertiary/aromatic N) is 4. The van der Waals surface area contributed by atoms with Gasteiger partial charge in [-0.2, -0.15) is 0 Å². The molecule has 32 heavy (non-hydrogen) atoms. The number of carbonyl (C=O) groups excluding carboxylic acids is 2. The quantitative estimate of drug-likeness (QED) is 0.669. The summed E-state index contributed by atoms with van der Waals surface area (Å²) in [7, 11) is 1.65. The van der Waals surface area contributed by atoms with Gasteiger partial charge < -0.3 is 14.5 Å². The van der Waals surface area contributed by atoms with E-state index in [1.807, 2.05) is 39.4 Å². The van der Waals surface area contributed by atoms with Gasteiger partial charge in [0.1, 0.15) is 10.8 Å². The lowest BCUT2D eigenvalue weighted by Crippen LogP contribution is -2.52. The summed E-state index contributed by atoms with van der Waals surface area (Å²) in [6.07, 6.45) is 5.01. The van der Waals surface area contributed by atoms with Crippen LogP contribution in [0.1, 0.15) is 31.4 Å². The van der Waals surface area contributed by atoms with Gasteiger partial charge in [-0.25, -0.2) is 4.98 Å². The van der Waals surface area contributed by atoms with Crippen LogP contribution in [0.4, 0.5) is 0 Å². The van der Waals surface area contributed by atoms with E-state index in [0.717, 1.165) is 61.0 Å². The molecule has 2 aliphatic heterocycles. The van der Waals surface area contributed by atoms with Gasteiger partial charge in [0.25, 0.3) is 0 Å². The Balaban J connectivity index is 1.24. The van der Waals surface area contributed by atoms with Crippen LogP contribution in [-0.2, 0) is 16.0 Å². The minimum atomic E-state index is 0.107. The molecule has 2 aromatic rings. The van der Waals surface area contributed by atoms with Gasteiger partial charge in [0.05, 0.1) is 25.8 Å². The first kappa shape index (κ1) is 22.7. The van der Waals surface area contributed by atoms with Crippen molar-refractivity contribution in [1.82, 2.24) is 19.7 Å². The summed E-state index contributed by atoms with van der Waals surface area (Å²) in [4.78, 5) is 36.2. The predicted octanol–water partition coefficient (Wildman–Crippen LogP) is 2.91. The molecular weight excluding hydrogens is 424 g/mol. The smallest absolute Gasteiger partial charge is 0.236 e. The lowest BCUT2D eigenvalue weighted by atomic mass is 10.2. The zero-order valence-electron chi connectivity index (χ0n) is 18.8. The van der Waals surface area contributed by atoms with Gasteiger partial charge in [-0.15, -0.1) is 11.3 Å². The number of hydrogen-bond donors (Lipinski definition) is 0. The molecule has 0 spiro atoms. The first-order valence-corrected chi connectivity index (χ1v) is 12.4. The normalized spacial score (nSPS) is 17.8.